The van der Waals surface area contributed by atoms with Crippen LogP contribution in [-0.2, 0) is 26.0 Å². The molecular weight excluding hydrogens is 522 g/mol. The number of nitrogens with one attached hydrogen (secondary N) is 1. The molecule has 202 valence electrons. The van der Waals surface area contributed by atoms with Gasteiger partial charge in [0.15, 0.2) is 0 Å². The van der Waals surface area contributed by atoms with Crippen molar-refractivity contribution in [3.63, 3.8) is 0 Å². The highest BCUT2D eigenvalue weighted by atomic mass is 35.5. The largest absolute Gasteiger partial charge is 0.352 e. The normalized spacial score (nSPS) is 12.2. The lowest BCUT2D eigenvalue weighted by atomic mass is 10.1. The molecule has 0 aliphatic rings. The van der Waals surface area contributed by atoms with Gasteiger partial charge in [-0.1, -0.05) is 66.2 Å². The van der Waals surface area contributed by atoms with Gasteiger partial charge in [-0.3, -0.25) is 13.9 Å². The Kier molecular flexibility index (Phi) is 9.94. The number of nitrogens with zero attached hydrogens (tertiary/aromatic N) is 2. The van der Waals surface area contributed by atoms with Crippen molar-refractivity contribution in [2.24, 2.45) is 0 Å². The predicted octanol–water partition coefficient (Wildman–Crippen LogP) is 4.83. The minimum atomic E-state index is -4.12. The number of aryl methyl sites for hydroxylation is 1. The van der Waals surface area contributed by atoms with Crippen LogP contribution in [0.15, 0.2) is 83.8 Å². The molecule has 38 heavy (non-hydrogen) atoms. The first-order valence-corrected chi connectivity index (χ1v) is 14.3. The number of carbonyl (C=O) groups excluding carboxylic acids is 2. The molecule has 0 spiro atoms. The van der Waals surface area contributed by atoms with Gasteiger partial charge in [-0.25, -0.2) is 8.42 Å². The van der Waals surface area contributed by atoms with E-state index in [0.717, 1.165) is 15.4 Å². The number of hydrogen-bond donors (Lipinski definition) is 1. The number of sulfonamides is 1. The molecule has 3 rings (SSSR count). The number of amides is 2. The van der Waals surface area contributed by atoms with Crippen molar-refractivity contribution in [2.45, 2.75) is 51.1 Å². The average Bonchev–Trinajstić information content (AvgIpc) is 2.89. The van der Waals surface area contributed by atoms with Gasteiger partial charge in [0.1, 0.15) is 12.6 Å². The van der Waals surface area contributed by atoms with Crippen LogP contribution < -0.4 is 9.62 Å². The summed E-state index contributed by atoms with van der Waals surface area (Å²) in [5.41, 5.74) is 2.04. The highest BCUT2D eigenvalue weighted by Gasteiger charge is 2.32. The molecule has 7 nitrogen and oxygen atoms in total. The Morgan fingerprint density at radius 1 is 0.921 bits per heavy atom. The van der Waals surface area contributed by atoms with Crippen LogP contribution in [-0.4, -0.2) is 50.3 Å². The number of rotatable bonds is 11. The Morgan fingerprint density at radius 2 is 1.53 bits per heavy atom. The monoisotopic (exact) mass is 555 g/mol. The van der Waals surface area contributed by atoms with Gasteiger partial charge in [0.05, 0.1) is 10.6 Å². The molecule has 9 heteroatoms. The number of anilines is 1. The Balaban J connectivity index is 1.99. The lowest BCUT2D eigenvalue weighted by Gasteiger charge is -2.32. The summed E-state index contributed by atoms with van der Waals surface area (Å²) in [6.45, 7) is 6.90. The molecule has 1 N–H and O–H groups in total. The second kappa shape index (κ2) is 12.9. The summed E-state index contributed by atoms with van der Waals surface area (Å²) in [6, 6.07) is 21.5. The molecule has 0 fully saturated rings. The Hall–Kier alpha value is -3.36. The molecule has 0 saturated carbocycles. The van der Waals surface area contributed by atoms with E-state index in [1.165, 1.54) is 23.1 Å². The fraction of sp³-hybridized carbons (Fsp3) is 0.310. The Bertz CT molecular complexity index is 1350. The van der Waals surface area contributed by atoms with Crippen molar-refractivity contribution in [2.75, 3.05) is 17.4 Å². The van der Waals surface area contributed by atoms with Gasteiger partial charge >= 0.3 is 0 Å². The third kappa shape index (κ3) is 7.36. The standard InChI is InChI=1S/C29H34ClN3O4S/c1-21(2)31-29(35)23(4)32(18-17-24-11-7-5-8-12-24)28(34)20-33(25-16-15-22(3)27(30)19-25)38(36,37)26-13-9-6-10-14-26/h5-16,19,21,23H,17-18,20H2,1-4H3,(H,31,35). The van der Waals surface area contributed by atoms with E-state index in [-0.39, 0.29) is 29.1 Å². The summed E-state index contributed by atoms with van der Waals surface area (Å²) in [5, 5.41) is 3.23. The second-order valence-corrected chi connectivity index (χ2v) is 11.7. The van der Waals surface area contributed by atoms with Crippen LogP contribution in [0.5, 0.6) is 0 Å². The van der Waals surface area contributed by atoms with E-state index in [9.17, 15) is 18.0 Å². The zero-order valence-corrected chi connectivity index (χ0v) is 23.7. The van der Waals surface area contributed by atoms with Crippen molar-refractivity contribution >= 4 is 39.1 Å². The molecular formula is C29H34ClN3O4S. The highest BCUT2D eigenvalue weighted by Crippen LogP contribution is 2.28. The smallest absolute Gasteiger partial charge is 0.264 e. The number of halogens is 1. The van der Waals surface area contributed by atoms with E-state index in [1.807, 2.05) is 51.1 Å². The molecule has 0 heterocycles. The van der Waals surface area contributed by atoms with E-state index >= 15 is 0 Å². The molecule has 1 unspecified atom stereocenters. The first-order chi connectivity index (χ1) is 18.0. The quantitative estimate of drug-likeness (QED) is 0.367. The molecule has 1 atom stereocenters. The number of hydrogen-bond acceptors (Lipinski definition) is 4. The first-order valence-electron chi connectivity index (χ1n) is 12.5. The molecule has 0 aliphatic heterocycles. The molecule has 0 aromatic heterocycles. The van der Waals surface area contributed by atoms with Crippen LogP contribution in [0, 0.1) is 6.92 Å². The van der Waals surface area contributed by atoms with Gasteiger partial charge in [-0.15, -0.1) is 0 Å². The fourth-order valence-electron chi connectivity index (χ4n) is 3.96. The van der Waals surface area contributed by atoms with Gasteiger partial charge in [0.25, 0.3) is 10.0 Å². The SMILES string of the molecule is Cc1ccc(N(CC(=O)N(CCc2ccccc2)C(C)C(=O)NC(C)C)S(=O)(=O)c2ccccc2)cc1Cl. The molecule has 2 amide bonds. The van der Waals surface area contributed by atoms with Gasteiger partial charge < -0.3 is 10.2 Å². The van der Waals surface area contributed by atoms with E-state index in [2.05, 4.69) is 5.32 Å². The molecule has 0 saturated heterocycles. The van der Waals surface area contributed by atoms with E-state index in [4.69, 9.17) is 11.6 Å². The van der Waals surface area contributed by atoms with Crippen LogP contribution in [0.25, 0.3) is 0 Å². The summed E-state index contributed by atoms with van der Waals surface area (Å²) in [7, 11) is -4.12. The van der Waals surface area contributed by atoms with Crippen LogP contribution >= 0.6 is 11.6 Å². The topological polar surface area (TPSA) is 86.8 Å². The summed E-state index contributed by atoms with van der Waals surface area (Å²) in [6.07, 6.45) is 0.508. The zero-order valence-electron chi connectivity index (χ0n) is 22.1. The third-order valence-corrected chi connectivity index (χ3v) is 8.33. The molecule has 0 radical (unpaired) electrons. The number of benzene rings is 3. The predicted molar refractivity (Wildman–Crippen MR) is 152 cm³/mol. The zero-order chi connectivity index (χ0) is 27.9. The lowest BCUT2D eigenvalue weighted by molar-refractivity contribution is -0.139. The van der Waals surface area contributed by atoms with E-state index in [1.54, 1.807) is 37.3 Å². The minimum absolute atomic E-state index is 0.0472. The van der Waals surface area contributed by atoms with Crippen molar-refractivity contribution in [3.8, 4) is 0 Å². The lowest BCUT2D eigenvalue weighted by Crippen LogP contribution is -2.53. The average molecular weight is 556 g/mol. The van der Waals surface area contributed by atoms with Gasteiger partial charge in [-0.05, 0) is 69.5 Å². The third-order valence-electron chi connectivity index (χ3n) is 6.14. The minimum Gasteiger partial charge on any atom is -0.352 e. The summed E-state index contributed by atoms with van der Waals surface area (Å²) in [5.74, 6) is -0.805. The van der Waals surface area contributed by atoms with E-state index < -0.39 is 28.5 Å². The molecule has 0 aliphatic carbocycles. The van der Waals surface area contributed by atoms with Crippen LogP contribution in [0.1, 0.15) is 31.9 Å². The molecule has 3 aromatic carbocycles. The van der Waals surface area contributed by atoms with Crippen LogP contribution in [0.2, 0.25) is 5.02 Å². The Labute approximate surface area is 230 Å². The Morgan fingerprint density at radius 3 is 2.11 bits per heavy atom. The second-order valence-electron chi connectivity index (χ2n) is 9.42. The maximum Gasteiger partial charge on any atom is 0.264 e. The molecule has 0 bridgehead atoms. The van der Waals surface area contributed by atoms with Gasteiger partial charge in [0, 0.05) is 17.6 Å². The maximum atomic E-state index is 13.8. The van der Waals surface area contributed by atoms with Crippen molar-refractivity contribution < 1.29 is 18.0 Å². The fourth-order valence-corrected chi connectivity index (χ4v) is 5.56. The van der Waals surface area contributed by atoms with E-state index in [0.29, 0.717) is 11.4 Å². The molecule has 3 aromatic rings. The first kappa shape index (κ1) is 29.2. The maximum absolute atomic E-state index is 13.8. The van der Waals surface area contributed by atoms with Gasteiger partial charge in [0.2, 0.25) is 11.8 Å². The summed E-state index contributed by atoms with van der Waals surface area (Å²) in [4.78, 5) is 28.2. The van der Waals surface area contributed by atoms with Gasteiger partial charge in [-0.2, -0.15) is 0 Å². The summed E-state index contributed by atoms with van der Waals surface area (Å²) >= 11 is 6.34. The van der Waals surface area contributed by atoms with Crippen molar-refractivity contribution in [3.05, 3.63) is 95.0 Å². The summed E-state index contributed by atoms with van der Waals surface area (Å²) < 4.78 is 28.6. The van der Waals surface area contributed by atoms with Crippen molar-refractivity contribution in [1.82, 2.24) is 10.2 Å². The number of carbonyl (C=O) groups is 2. The van der Waals surface area contributed by atoms with Crippen LogP contribution in [0.3, 0.4) is 0 Å². The van der Waals surface area contributed by atoms with Crippen molar-refractivity contribution in [1.29, 1.82) is 0 Å². The van der Waals surface area contributed by atoms with Crippen LogP contribution in [0.4, 0.5) is 5.69 Å². The highest BCUT2D eigenvalue weighted by molar-refractivity contribution is 7.92.